The van der Waals surface area contributed by atoms with Gasteiger partial charge in [0.25, 0.3) is 5.56 Å². The van der Waals surface area contributed by atoms with Crippen LogP contribution in [-0.4, -0.2) is 51.8 Å². The van der Waals surface area contributed by atoms with Gasteiger partial charge < -0.3 is 15.0 Å². The van der Waals surface area contributed by atoms with E-state index in [1.54, 1.807) is 30.8 Å². The lowest BCUT2D eigenvalue weighted by Crippen LogP contribution is -2.47. The molecule has 0 bridgehead atoms. The predicted octanol–water partition coefficient (Wildman–Crippen LogP) is 1.98. The Bertz CT molecular complexity index is 1140. The van der Waals surface area contributed by atoms with Crippen LogP contribution in [0.25, 0.3) is 10.9 Å². The van der Waals surface area contributed by atoms with Crippen molar-refractivity contribution in [3.05, 3.63) is 38.5 Å². The van der Waals surface area contributed by atoms with Gasteiger partial charge in [-0.1, -0.05) is 0 Å². The monoisotopic (exact) mass is 437 g/mol. The highest BCUT2D eigenvalue weighted by Crippen LogP contribution is 2.38. The van der Waals surface area contributed by atoms with Crippen molar-refractivity contribution < 1.29 is 18.3 Å². The molecular weight excluding hydrogens is 412 g/mol. The van der Waals surface area contributed by atoms with Gasteiger partial charge in [0, 0.05) is 25.2 Å². The zero-order chi connectivity index (χ0) is 22.5. The number of hydrogen-bond acceptors (Lipinski definition) is 6. The summed E-state index contributed by atoms with van der Waals surface area (Å²) < 4.78 is 35.6. The van der Waals surface area contributed by atoms with E-state index >= 15 is 8.78 Å². The number of halogens is 2. The number of carbonyl (C=O) groups is 1. The summed E-state index contributed by atoms with van der Waals surface area (Å²) in [6, 6.07) is 0.588. The van der Waals surface area contributed by atoms with E-state index in [1.165, 1.54) is 0 Å². The summed E-state index contributed by atoms with van der Waals surface area (Å²) in [5.41, 5.74) is -3.00. The highest BCUT2D eigenvalue weighted by atomic mass is 19.1. The van der Waals surface area contributed by atoms with Gasteiger partial charge >= 0.3 is 11.8 Å². The van der Waals surface area contributed by atoms with E-state index in [9.17, 15) is 14.4 Å². The van der Waals surface area contributed by atoms with Gasteiger partial charge in [-0.2, -0.15) is 0 Å². The molecule has 0 spiro atoms. The molecule has 1 aromatic carbocycles. The number of amides is 1. The second-order valence-electron chi connectivity index (χ2n) is 8.97. The second-order valence-corrected chi connectivity index (χ2v) is 8.97. The van der Waals surface area contributed by atoms with Crippen molar-refractivity contribution in [2.45, 2.75) is 57.7 Å². The average Bonchev–Trinajstić information content (AvgIpc) is 3.37. The number of rotatable bonds is 4. The fourth-order valence-corrected chi connectivity index (χ4v) is 3.84. The molecule has 1 amide bonds. The first-order chi connectivity index (χ1) is 14.5. The van der Waals surface area contributed by atoms with Gasteiger partial charge in [-0.3, -0.25) is 14.8 Å². The van der Waals surface area contributed by atoms with E-state index in [0.29, 0.717) is 19.5 Å². The summed E-state index contributed by atoms with van der Waals surface area (Å²) in [7, 11) is 0. The zero-order valence-corrected chi connectivity index (χ0v) is 17.6. The number of benzene rings is 1. The van der Waals surface area contributed by atoms with Gasteiger partial charge in [0.05, 0.1) is 10.9 Å². The minimum atomic E-state index is -0.992. The first kappa shape index (κ1) is 21.3. The van der Waals surface area contributed by atoms with Crippen molar-refractivity contribution in [1.29, 1.82) is 0 Å². The van der Waals surface area contributed by atoms with E-state index < -0.39 is 34.6 Å². The summed E-state index contributed by atoms with van der Waals surface area (Å²) in [5, 5.41) is 5.88. The molecular formula is C20H25F2N5O4. The molecule has 1 aliphatic carbocycles. The number of hydrazine groups is 1. The fourth-order valence-electron chi connectivity index (χ4n) is 3.84. The number of nitrogens with zero attached hydrogens (tertiary/aromatic N) is 2. The number of ether oxygens (including phenoxy) is 1. The molecule has 2 fully saturated rings. The van der Waals surface area contributed by atoms with Crippen LogP contribution in [0.3, 0.4) is 0 Å². The van der Waals surface area contributed by atoms with Crippen molar-refractivity contribution >= 4 is 22.7 Å². The molecule has 168 valence electrons. The topological polar surface area (TPSA) is 111 Å². The first-order valence-electron chi connectivity index (χ1n) is 10.2. The number of aromatic amines is 2. The van der Waals surface area contributed by atoms with E-state index in [1.807, 2.05) is 4.98 Å². The molecule has 2 aromatic rings. The van der Waals surface area contributed by atoms with Gasteiger partial charge in [-0.25, -0.2) is 23.4 Å². The Kier molecular flexibility index (Phi) is 5.24. The van der Waals surface area contributed by atoms with Gasteiger partial charge in [-0.15, -0.1) is 0 Å². The number of H-pyrrole nitrogens is 2. The smallest absolute Gasteiger partial charge is 0.407 e. The standard InChI is InChI=1S/C20H25F2N5O4/c1-20(2,3)31-19(30)23-10-6-7-26(9-10)27(11-4-5-11)16-13(21)8-12-15(14(16)22)24-18(29)25-17(12)28/h8,10-11H,4-7,9H2,1-3H3,(H,23,30)(H2,24,25,28,29)/t10-/m0/s1. The minimum Gasteiger partial charge on any atom is -0.444 e. The van der Waals surface area contributed by atoms with Crippen molar-refractivity contribution in [1.82, 2.24) is 20.3 Å². The first-order valence-corrected chi connectivity index (χ1v) is 10.2. The number of anilines is 1. The lowest BCUT2D eigenvalue weighted by molar-refractivity contribution is 0.0505. The quantitative estimate of drug-likeness (QED) is 0.675. The maximum Gasteiger partial charge on any atom is 0.407 e. The molecule has 1 saturated heterocycles. The lowest BCUT2D eigenvalue weighted by Gasteiger charge is -2.34. The molecule has 1 saturated carbocycles. The number of nitrogens with one attached hydrogen (secondary N) is 3. The maximum atomic E-state index is 15.4. The van der Waals surface area contributed by atoms with Crippen LogP contribution < -0.4 is 21.6 Å². The number of hydrogen-bond donors (Lipinski definition) is 3. The van der Waals surface area contributed by atoms with Crippen LogP contribution in [0.2, 0.25) is 0 Å². The molecule has 3 N–H and O–H groups in total. The van der Waals surface area contributed by atoms with Crippen LogP contribution in [0.5, 0.6) is 0 Å². The van der Waals surface area contributed by atoms with Crippen molar-refractivity contribution in [2.75, 3.05) is 18.1 Å². The third kappa shape index (κ3) is 4.41. The lowest BCUT2D eigenvalue weighted by atomic mass is 10.2. The minimum absolute atomic E-state index is 0.101. The van der Waals surface area contributed by atoms with Gasteiger partial charge in [0.1, 0.15) is 11.3 Å². The number of carbonyl (C=O) groups excluding carboxylic acids is 1. The van der Waals surface area contributed by atoms with Crippen molar-refractivity contribution in [2.24, 2.45) is 0 Å². The van der Waals surface area contributed by atoms with Gasteiger partial charge in [-0.05, 0) is 46.1 Å². The Balaban J connectivity index is 1.62. The highest BCUT2D eigenvalue weighted by Gasteiger charge is 2.40. The van der Waals surface area contributed by atoms with E-state index in [-0.39, 0.29) is 28.7 Å². The number of fused-ring (bicyclic) bond motifs is 1. The van der Waals surface area contributed by atoms with Crippen LogP contribution in [-0.2, 0) is 4.74 Å². The predicted molar refractivity (Wildman–Crippen MR) is 110 cm³/mol. The summed E-state index contributed by atoms with van der Waals surface area (Å²) in [6.45, 7) is 6.12. The molecule has 4 rings (SSSR count). The zero-order valence-electron chi connectivity index (χ0n) is 17.6. The molecule has 2 heterocycles. The molecule has 1 atom stereocenters. The normalized spacial score (nSPS) is 19.6. The summed E-state index contributed by atoms with van der Waals surface area (Å²) in [4.78, 5) is 39.9. The molecule has 1 aliphatic heterocycles. The van der Waals surface area contributed by atoms with Crippen LogP contribution in [0, 0.1) is 11.6 Å². The summed E-state index contributed by atoms with van der Waals surface area (Å²) in [5.74, 6) is -1.88. The average molecular weight is 437 g/mol. The van der Waals surface area contributed by atoms with E-state index in [4.69, 9.17) is 4.74 Å². The summed E-state index contributed by atoms with van der Waals surface area (Å²) >= 11 is 0. The van der Waals surface area contributed by atoms with E-state index in [0.717, 1.165) is 18.9 Å². The number of alkyl carbamates (subject to hydrolysis) is 1. The van der Waals surface area contributed by atoms with Crippen molar-refractivity contribution in [3.8, 4) is 0 Å². The maximum absolute atomic E-state index is 15.4. The van der Waals surface area contributed by atoms with Gasteiger partial charge in [0.2, 0.25) is 0 Å². The van der Waals surface area contributed by atoms with Crippen LogP contribution in [0.15, 0.2) is 15.7 Å². The largest absolute Gasteiger partial charge is 0.444 e. The molecule has 2 aliphatic rings. The third-order valence-corrected chi connectivity index (χ3v) is 5.22. The fraction of sp³-hybridized carbons (Fsp3) is 0.550. The Hall–Kier alpha value is -2.95. The third-order valence-electron chi connectivity index (χ3n) is 5.22. The second kappa shape index (κ2) is 7.63. The Morgan fingerprint density at radius 1 is 1.23 bits per heavy atom. The molecule has 31 heavy (non-hydrogen) atoms. The Morgan fingerprint density at radius 2 is 1.94 bits per heavy atom. The van der Waals surface area contributed by atoms with Crippen LogP contribution >= 0.6 is 0 Å². The SMILES string of the molecule is CC(C)(C)OC(=O)N[C@H]1CCN(N(c2c(F)cc3c(=O)[nH]c(=O)[nH]c3c2F)C2CC2)C1. The molecule has 9 nitrogen and oxygen atoms in total. The molecule has 0 radical (unpaired) electrons. The van der Waals surface area contributed by atoms with Gasteiger partial charge in [0.15, 0.2) is 11.6 Å². The number of aromatic nitrogens is 2. The van der Waals surface area contributed by atoms with Crippen molar-refractivity contribution in [3.63, 3.8) is 0 Å². The highest BCUT2D eigenvalue weighted by molar-refractivity contribution is 5.82. The van der Waals surface area contributed by atoms with Crippen LogP contribution in [0.1, 0.15) is 40.0 Å². The Morgan fingerprint density at radius 3 is 2.58 bits per heavy atom. The van der Waals surface area contributed by atoms with Crippen LogP contribution in [0.4, 0.5) is 19.3 Å². The Labute approximate surface area is 176 Å². The summed E-state index contributed by atoms with van der Waals surface area (Å²) in [6.07, 6.45) is 1.54. The molecule has 1 aromatic heterocycles. The van der Waals surface area contributed by atoms with E-state index in [2.05, 4.69) is 10.3 Å². The molecule has 11 heteroatoms. The molecule has 0 unspecified atom stereocenters.